The lowest BCUT2D eigenvalue weighted by Crippen LogP contribution is -3.11. The fourth-order valence-electron chi connectivity index (χ4n) is 2.17. The lowest BCUT2D eigenvalue weighted by atomic mass is 10.1. The van der Waals surface area contributed by atoms with E-state index in [9.17, 15) is 9.59 Å². The molecule has 0 aliphatic heterocycles. The Morgan fingerprint density at radius 3 is 2.43 bits per heavy atom. The molecule has 1 atom stereocenters. The molecular formula is C16H27ClN3O2S+. The zero-order valence-electron chi connectivity index (χ0n) is 14.5. The fraction of sp³-hybridized carbons (Fsp3) is 0.625. The van der Waals surface area contributed by atoms with E-state index in [1.165, 1.54) is 11.3 Å². The Morgan fingerprint density at radius 2 is 1.96 bits per heavy atom. The highest BCUT2D eigenvalue weighted by molar-refractivity contribution is 7.16. The van der Waals surface area contributed by atoms with E-state index in [2.05, 4.69) is 5.32 Å². The second-order valence-corrected chi connectivity index (χ2v) is 8.52. The summed E-state index contributed by atoms with van der Waals surface area (Å²) in [5.41, 5.74) is -0.255. The zero-order valence-corrected chi connectivity index (χ0v) is 16.1. The number of amides is 2. The SMILES string of the molecule is CCN(Cc1ccc(Cl)s1)C(=O)C[NH+](C)CC(=O)NC(C)(C)C. The highest BCUT2D eigenvalue weighted by atomic mass is 35.5. The molecule has 0 bridgehead atoms. The lowest BCUT2D eigenvalue weighted by molar-refractivity contribution is -0.863. The summed E-state index contributed by atoms with van der Waals surface area (Å²) in [6, 6.07) is 3.78. The molecule has 130 valence electrons. The van der Waals surface area contributed by atoms with Gasteiger partial charge in [0.2, 0.25) is 0 Å². The third-order valence-electron chi connectivity index (χ3n) is 3.14. The highest BCUT2D eigenvalue weighted by Gasteiger charge is 2.21. The molecule has 0 fully saturated rings. The Balaban J connectivity index is 2.50. The summed E-state index contributed by atoms with van der Waals surface area (Å²) in [7, 11) is 1.86. The maximum Gasteiger partial charge on any atom is 0.278 e. The second kappa shape index (κ2) is 8.66. The minimum atomic E-state index is -0.255. The van der Waals surface area contributed by atoms with Crippen LogP contribution in [0.1, 0.15) is 32.6 Å². The monoisotopic (exact) mass is 360 g/mol. The molecule has 0 saturated heterocycles. The van der Waals surface area contributed by atoms with E-state index in [1.54, 1.807) is 4.90 Å². The van der Waals surface area contributed by atoms with Gasteiger partial charge in [-0.1, -0.05) is 11.6 Å². The first-order valence-electron chi connectivity index (χ1n) is 7.75. The van der Waals surface area contributed by atoms with Crippen LogP contribution in [0.15, 0.2) is 12.1 Å². The number of halogens is 1. The molecule has 5 nitrogen and oxygen atoms in total. The van der Waals surface area contributed by atoms with Gasteiger partial charge >= 0.3 is 0 Å². The van der Waals surface area contributed by atoms with E-state index in [0.29, 0.717) is 19.6 Å². The van der Waals surface area contributed by atoms with Gasteiger partial charge in [0.25, 0.3) is 11.8 Å². The van der Waals surface area contributed by atoms with Gasteiger partial charge in [0.05, 0.1) is 17.9 Å². The molecule has 2 amide bonds. The summed E-state index contributed by atoms with van der Waals surface area (Å²) in [5, 5.41) is 2.91. The number of thiophene rings is 1. The summed E-state index contributed by atoms with van der Waals surface area (Å²) in [6.07, 6.45) is 0. The van der Waals surface area contributed by atoms with Crippen LogP contribution < -0.4 is 10.2 Å². The summed E-state index contributed by atoms with van der Waals surface area (Å²) < 4.78 is 0.727. The van der Waals surface area contributed by atoms with Crippen LogP contribution in [-0.4, -0.2) is 48.9 Å². The summed E-state index contributed by atoms with van der Waals surface area (Å²) in [6.45, 7) is 9.55. The van der Waals surface area contributed by atoms with E-state index >= 15 is 0 Å². The van der Waals surface area contributed by atoms with Gasteiger partial charge < -0.3 is 15.1 Å². The van der Waals surface area contributed by atoms with Crippen LogP contribution in [0.25, 0.3) is 0 Å². The molecule has 0 aliphatic rings. The van der Waals surface area contributed by atoms with Gasteiger partial charge in [0.1, 0.15) is 0 Å². The number of nitrogens with zero attached hydrogens (tertiary/aromatic N) is 1. The average molecular weight is 361 g/mol. The van der Waals surface area contributed by atoms with Crippen molar-refractivity contribution < 1.29 is 14.5 Å². The van der Waals surface area contributed by atoms with Crippen LogP contribution in [-0.2, 0) is 16.1 Å². The molecule has 0 spiro atoms. The third-order valence-corrected chi connectivity index (χ3v) is 4.36. The summed E-state index contributed by atoms with van der Waals surface area (Å²) in [5.74, 6) is -0.00558. The molecule has 0 saturated carbocycles. The van der Waals surface area contributed by atoms with Gasteiger partial charge in [-0.05, 0) is 39.8 Å². The van der Waals surface area contributed by atoms with Crippen LogP contribution in [0, 0.1) is 0 Å². The molecule has 23 heavy (non-hydrogen) atoms. The molecule has 1 aromatic heterocycles. The number of likely N-dealkylation sites (N-methyl/N-ethyl adjacent to an activating group) is 2. The molecule has 2 N–H and O–H groups in total. The van der Waals surface area contributed by atoms with Crippen LogP contribution in [0.2, 0.25) is 4.34 Å². The summed E-state index contributed by atoms with van der Waals surface area (Å²) >= 11 is 7.41. The first kappa shape index (κ1) is 19.9. The van der Waals surface area contributed by atoms with Crippen molar-refractivity contribution in [2.45, 2.75) is 39.8 Å². The fourth-order valence-corrected chi connectivity index (χ4v) is 3.27. The normalized spacial score (nSPS) is 12.8. The molecule has 1 heterocycles. The number of hydrogen-bond donors (Lipinski definition) is 2. The Morgan fingerprint density at radius 1 is 1.30 bits per heavy atom. The van der Waals surface area contributed by atoms with Crippen molar-refractivity contribution in [1.82, 2.24) is 10.2 Å². The van der Waals surface area contributed by atoms with Gasteiger partial charge in [-0.15, -0.1) is 11.3 Å². The van der Waals surface area contributed by atoms with E-state index in [0.717, 1.165) is 14.1 Å². The molecule has 1 unspecified atom stereocenters. The van der Waals surface area contributed by atoms with Crippen molar-refractivity contribution >= 4 is 34.8 Å². The van der Waals surface area contributed by atoms with Crippen molar-refractivity contribution in [3.05, 3.63) is 21.3 Å². The van der Waals surface area contributed by atoms with Gasteiger partial charge in [0, 0.05) is 17.0 Å². The number of quaternary nitrogens is 1. The van der Waals surface area contributed by atoms with Gasteiger partial charge in [-0.3, -0.25) is 9.59 Å². The van der Waals surface area contributed by atoms with Crippen molar-refractivity contribution in [3.63, 3.8) is 0 Å². The first-order chi connectivity index (χ1) is 10.6. The largest absolute Gasteiger partial charge is 0.347 e. The topological polar surface area (TPSA) is 53.9 Å². The number of carbonyl (C=O) groups excluding carboxylic acids is 2. The molecule has 0 radical (unpaired) electrons. The van der Waals surface area contributed by atoms with Gasteiger partial charge in [-0.25, -0.2) is 0 Å². The Labute approximate surface area is 147 Å². The molecule has 0 aromatic carbocycles. The standard InChI is InChI=1S/C16H26ClN3O2S/c1-6-20(9-12-7-8-13(17)23-12)15(22)11-19(5)10-14(21)18-16(2,3)4/h7-8H,6,9-11H2,1-5H3,(H,18,21)/p+1. The summed E-state index contributed by atoms with van der Waals surface area (Å²) in [4.78, 5) is 28.0. The number of hydrogen-bond acceptors (Lipinski definition) is 3. The van der Waals surface area contributed by atoms with Crippen molar-refractivity contribution in [1.29, 1.82) is 0 Å². The number of carbonyl (C=O) groups is 2. The van der Waals surface area contributed by atoms with E-state index in [-0.39, 0.29) is 23.9 Å². The highest BCUT2D eigenvalue weighted by Crippen LogP contribution is 2.22. The van der Waals surface area contributed by atoms with Crippen molar-refractivity contribution in [3.8, 4) is 0 Å². The Kier molecular flexibility index (Phi) is 7.51. The van der Waals surface area contributed by atoms with Gasteiger partial charge in [-0.2, -0.15) is 0 Å². The minimum absolute atomic E-state index is 0.0399. The smallest absolute Gasteiger partial charge is 0.278 e. The lowest BCUT2D eigenvalue weighted by Gasteiger charge is -2.24. The minimum Gasteiger partial charge on any atom is -0.347 e. The third kappa shape index (κ3) is 7.81. The van der Waals surface area contributed by atoms with Crippen LogP contribution in [0.5, 0.6) is 0 Å². The maximum absolute atomic E-state index is 12.4. The van der Waals surface area contributed by atoms with Crippen molar-refractivity contribution in [2.24, 2.45) is 0 Å². The average Bonchev–Trinajstić information content (AvgIpc) is 2.78. The van der Waals surface area contributed by atoms with E-state index in [1.807, 2.05) is 46.9 Å². The van der Waals surface area contributed by atoms with Gasteiger partial charge in [0.15, 0.2) is 13.1 Å². The molecular weight excluding hydrogens is 334 g/mol. The molecule has 1 aromatic rings. The van der Waals surface area contributed by atoms with Crippen LogP contribution >= 0.6 is 22.9 Å². The number of nitrogens with one attached hydrogen (secondary N) is 2. The second-order valence-electron chi connectivity index (χ2n) is 6.72. The maximum atomic E-state index is 12.4. The predicted octanol–water partition coefficient (Wildman–Crippen LogP) is 1.18. The number of rotatable bonds is 7. The van der Waals surface area contributed by atoms with Crippen molar-refractivity contribution in [2.75, 3.05) is 26.7 Å². The molecule has 7 heteroatoms. The molecule has 1 rings (SSSR count). The first-order valence-corrected chi connectivity index (χ1v) is 8.94. The predicted molar refractivity (Wildman–Crippen MR) is 94.9 cm³/mol. The zero-order chi connectivity index (χ0) is 17.6. The van der Waals surface area contributed by atoms with E-state index in [4.69, 9.17) is 11.6 Å². The quantitative estimate of drug-likeness (QED) is 0.767. The van der Waals surface area contributed by atoms with Crippen LogP contribution in [0.4, 0.5) is 0 Å². The van der Waals surface area contributed by atoms with E-state index < -0.39 is 0 Å². The molecule has 0 aliphatic carbocycles. The Hall–Kier alpha value is -1.11. The Bertz CT molecular complexity index is 540. The van der Waals surface area contributed by atoms with Crippen LogP contribution in [0.3, 0.4) is 0 Å².